The van der Waals surface area contributed by atoms with Gasteiger partial charge in [0, 0.05) is 24.3 Å². The molecule has 23 heavy (non-hydrogen) atoms. The predicted octanol–water partition coefficient (Wildman–Crippen LogP) is 2.81. The number of carbonyl (C=O) groups excluding carboxylic acids is 1. The standard InChI is InChI=1S/C18H16FNO3/c19-15-8-6-14(7-9-15)17(21)10-11-20-16(18(22)23)12-13-4-2-1-3-5-13/h1-11,16,20H,12H2,(H,22,23)/b11-10-. The Balaban J connectivity index is 1.96. The summed E-state index contributed by atoms with van der Waals surface area (Å²) in [5.41, 5.74) is 1.21. The molecule has 0 saturated heterocycles. The van der Waals surface area contributed by atoms with Crippen molar-refractivity contribution in [3.8, 4) is 0 Å². The average Bonchev–Trinajstić information content (AvgIpc) is 2.55. The van der Waals surface area contributed by atoms with Crippen molar-refractivity contribution in [2.24, 2.45) is 0 Å². The molecule has 4 nitrogen and oxygen atoms in total. The third kappa shape index (κ3) is 5.07. The maximum absolute atomic E-state index is 12.8. The molecule has 0 bridgehead atoms. The highest BCUT2D eigenvalue weighted by Crippen LogP contribution is 2.05. The third-order valence-corrected chi connectivity index (χ3v) is 3.24. The first kappa shape index (κ1) is 16.4. The van der Waals surface area contributed by atoms with Crippen LogP contribution in [0.3, 0.4) is 0 Å². The lowest BCUT2D eigenvalue weighted by Crippen LogP contribution is -2.35. The van der Waals surface area contributed by atoms with Crippen molar-refractivity contribution in [2.45, 2.75) is 12.5 Å². The Labute approximate surface area is 133 Å². The Morgan fingerprint density at radius 3 is 2.35 bits per heavy atom. The summed E-state index contributed by atoms with van der Waals surface area (Å²) in [5, 5.41) is 11.9. The van der Waals surface area contributed by atoms with Crippen LogP contribution in [0.5, 0.6) is 0 Å². The molecule has 2 rings (SSSR count). The summed E-state index contributed by atoms with van der Waals surface area (Å²) in [4.78, 5) is 23.1. The van der Waals surface area contributed by atoms with Gasteiger partial charge in [0.25, 0.3) is 0 Å². The number of aliphatic carboxylic acids is 1. The van der Waals surface area contributed by atoms with Crippen LogP contribution >= 0.6 is 0 Å². The number of ketones is 1. The lowest BCUT2D eigenvalue weighted by molar-refractivity contribution is -0.139. The van der Waals surface area contributed by atoms with Crippen molar-refractivity contribution in [3.05, 3.63) is 83.8 Å². The lowest BCUT2D eigenvalue weighted by Gasteiger charge is -2.12. The summed E-state index contributed by atoms with van der Waals surface area (Å²) in [6.45, 7) is 0. The quantitative estimate of drug-likeness (QED) is 0.609. The smallest absolute Gasteiger partial charge is 0.326 e. The number of allylic oxidation sites excluding steroid dienone is 1. The van der Waals surface area contributed by atoms with Gasteiger partial charge in [-0.1, -0.05) is 30.3 Å². The minimum Gasteiger partial charge on any atom is -0.480 e. The average molecular weight is 313 g/mol. The van der Waals surface area contributed by atoms with E-state index in [1.54, 1.807) is 0 Å². The highest BCUT2D eigenvalue weighted by molar-refractivity contribution is 6.04. The molecule has 0 heterocycles. The van der Waals surface area contributed by atoms with Gasteiger partial charge < -0.3 is 10.4 Å². The first-order chi connectivity index (χ1) is 11.1. The first-order valence-corrected chi connectivity index (χ1v) is 7.05. The number of benzene rings is 2. The molecule has 0 aliphatic heterocycles. The summed E-state index contributed by atoms with van der Waals surface area (Å²) in [6.07, 6.45) is 2.84. The van der Waals surface area contributed by atoms with Crippen LogP contribution in [0.25, 0.3) is 0 Å². The van der Waals surface area contributed by atoms with Crippen molar-refractivity contribution in [1.82, 2.24) is 5.32 Å². The van der Waals surface area contributed by atoms with Gasteiger partial charge >= 0.3 is 5.97 Å². The fraction of sp³-hybridized carbons (Fsp3) is 0.111. The second-order valence-corrected chi connectivity index (χ2v) is 4.95. The van der Waals surface area contributed by atoms with E-state index in [0.717, 1.165) is 5.56 Å². The van der Waals surface area contributed by atoms with Crippen LogP contribution in [-0.2, 0) is 11.2 Å². The molecular formula is C18H16FNO3. The molecule has 1 unspecified atom stereocenters. The second kappa shape index (κ2) is 7.89. The molecule has 5 heteroatoms. The molecule has 1 atom stereocenters. The largest absolute Gasteiger partial charge is 0.480 e. The SMILES string of the molecule is O=C(/C=C\NC(Cc1ccccc1)C(=O)O)c1ccc(F)cc1. The van der Waals surface area contributed by atoms with E-state index in [1.807, 2.05) is 30.3 Å². The lowest BCUT2D eigenvalue weighted by atomic mass is 10.1. The summed E-state index contributed by atoms with van der Waals surface area (Å²) >= 11 is 0. The van der Waals surface area contributed by atoms with Gasteiger partial charge in [0.2, 0.25) is 0 Å². The molecule has 0 saturated carbocycles. The van der Waals surface area contributed by atoms with E-state index >= 15 is 0 Å². The van der Waals surface area contributed by atoms with E-state index in [1.165, 1.54) is 36.5 Å². The summed E-state index contributed by atoms with van der Waals surface area (Å²) in [6, 6.07) is 13.5. The number of carboxylic acids is 1. The van der Waals surface area contributed by atoms with E-state index in [4.69, 9.17) is 0 Å². The molecule has 0 spiro atoms. The summed E-state index contributed by atoms with van der Waals surface area (Å²) in [7, 11) is 0. The third-order valence-electron chi connectivity index (χ3n) is 3.24. The molecule has 118 valence electrons. The molecule has 0 aliphatic rings. The number of hydrogen-bond donors (Lipinski definition) is 2. The number of hydrogen-bond acceptors (Lipinski definition) is 3. The van der Waals surface area contributed by atoms with Gasteiger partial charge in [0.15, 0.2) is 5.78 Å². The number of carboxylic acid groups (broad SMARTS) is 1. The van der Waals surface area contributed by atoms with Gasteiger partial charge in [-0.2, -0.15) is 0 Å². The molecule has 0 fully saturated rings. The highest BCUT2D eigenvalue weighted by Gasteiger charge is 2.15. The molecule has 0 aliphatic carbocycles. The van der Waals surface area contributed by atoms with Gasteiger partial charge in [-0.25, -0.2) is 9.18 Å². The Kier molecular flexibility index (Phi) is 5.63. The van der Waals surface area contributed by atoms with E-state index in [0.29, 0.717) is 12.0 Å². The minimum atomic E-state index is -1.01. The van der Waals surface area contributed by atoms with Gasteiger partial charge in [0.1, 0.15) is 11.9 Å². The number of nitrogens with one attached hydrogen (secondary N) is 1. The molecule has 0 radical (unpaired) electrons. The first-order valence-electron chi connectivity index (χ1n) is 7.05. The van der Waals surface area contributed by atoms with E-state index in [9.17, 15) is 19.1 Å². The Bertz CT molecular complexity index is 696. The van der Waals surface area contributed by atoms with Gasteiger partial charge in [-0.3, -0.25) is 4.79 Å². The van der Waals surface area contributed by atoms with Crippen LogP contribution in [0, 0.1) is 5.82 Å². The minimum absolute atomic E-state index is 0.297. The maximum Gasteiger partial charge on any atom is 0.326 e. The van der Waals surface area contributed by atoms with Crippen LogP contribution in [0.15, 0.2) is 66.9 Å². The zero-order valence-corrected chi connectivity index (χ0v) is 12.3. The summed E-state index contributed by atoms with van der Waals surface area (Å²) < 4.78 is 12.8. The molecule has 0 aromatic heterocycles. The van der Waals surface area contributed by atoms with Crippen LogP contribution in [0.2, 0.25) is 0 Å². The number of rotatable bonds is 7. The van der Waals surface area contributed by atoms with E-state index in [2.05, 4.69) is 5.32 Å². The molecule has 2 N–H and O–H groups in total. The van der Waals surface area contributed by atoms with Crippen LogP contribution < -0.4 is 5.32 Å². The van der Waals surface area contributed by atoms with Crippen molar-refractivity contribution >= 4 is 11.8 Å². The van der Waals surface area contributed by atoms with E-state index in [-0.39, 0.29) is 5.78 Å². The predicted molar refractivity (Wildman–Crippen MR) is 84.6 cm³/mol. The maximum atomic E-state index is 12.8. The van der Waals surface area contributed by atoms with Crippen molar-refractivity contribution < 1.29 is 19.1 Å². The van der Waals surface area contributed by atoms with Gasteiger partial charge in [-0.05, 0) is 29.8 Å². The Morgan fingerprint density at radius 2 is 1.74 bits per heavy atom. The van der Waals surface area contributed by atoms with Crippen LogP contribution in [0.1, 0.15) is 15.9 Å². The fourth-order valence-electron chi connectivity index (χ4n) is 2.02. The molecule has 2 aromatic carbocycles. The molecule has 0 amide bonds. The van der Waals surface area contributed by atoms with Crippen molar-refractivity contribution in [2.75, 3.05) is 0 Å². The molecule has 2 aromatic rings. The van der Waals surface area contributed by atoms with Gasteiger partial charge in [-0.15, -0.1) is 0 Å². The zero-order chi connectivity index (χ0) is 16.7. The molecular weight excluding hydrogens is 297 g/mol. The second-order valence-electron chi connectivity index (χ2n) is 4.95. The fourth-order valence-corrected chi connectivity index (χ4v) is 2.02. The number of halogens is 1. The van der Waals surface area contributed by atoms with Crippen molar-refractivity contribution in [1.29, 1.82) is 0 Å². The highest BCUT2D eigenvalue weighted by atomic mass is 19.1. The number of carbonyl (C=O) groups is 2. The normalized spacial score (nSPS) is 12.0. The topological polar surface area (TPSA) is 66.4 Å². The monoisotopic (exact) mass is 313 g/mol. The Morgan fingerprint density at radius 1 is 1.09 bits per heavy atom. The van der Waals surface area contributed by atoms with E-state index < -0.39 is 17.8 Å². The van der Waals surface area contributed by atoms with Crippen LogP contribution in [0.4, 0.5) is 4.39 Å². The van der Waals surface area contributed by atoms with Gasteiger partial charge in [0.05, 0.1) is 0 Å². The van der Waals surface area contributed by atoms with Crippen LogP contribution in [-0.4, -0.2) is 22.9 Å². The zero-order valence-electron chi connectivity index (χ0n) is 12.3. The van der Waals surface area contributed by atoms with Crippen molar-refractivity contribution in [3.63, 3.8) is 0 Å². The summed E-state index contributed by atoms with van der Waals surface area (Å²) in [5.74, 6) is -1.76. The Hall–Kier alpha value is -2.95.